The molecule has 0 aliphatic heterocycles. The van der Waals surface area contributed by atoms with E-state index in [1.165, 1.54) is 53.9 Å². The number of aromatic nitrogens is 5. The van der Waals surface area contributed by atoms with Crippen LogP contribution in [0.1, 0.15) is 0 Å². The predicted molar refractivity (Wildman–Crippen MR) is 288 cm³/mol. The number of nitrogens with zero attached hydrogens (tertiary/aromatic N) is 5. The summed E-state index contributed by atoms with van der Waals surface area (Å²) in [6.45, 7) is 0. The predicted octanol–water partition coefficient (Wildman–Crippen LogP) is 16.6. The molecule has 0 spiro atoms. The van der Waals surface area contributed by atoms with E-state index >= 15 is 0 Å². The Hall–Kier alpha value is -9.32. The summed E-state index contributed by atoms with van der Waals surface area (Å²) in [6, 6.07) is 76.1. The van der Waals surface area contributed by atoms with E-state index in [1.807, 2.05) is 12.4 Å². The molecular weight excluding hydrogens is 839 g/mol. The van der Waals surface area contributed by atoms with E-state index in [0.29, 0.717) is 11.6 Å². The smallest absolute Gasteiger partial charge is 0.159 e. The minimum absolute atomic E-state index is 0.634. The van der Waals surface area contributed by atoms with Crippen LogP contribution in [0.25, 0.3) is 148 Å². The number of rotatable bonds is 4. The van der Waals surface area contributed by atoms with Gasteiger partial charge in [0.1, 0.15) is 11.0 Å². The van der Waals surface area contributed by atoms with Crippen LogP contribution in [0.2, 0.25) is 0 Å². The zero-order chi connectivity index (χ0) is 45.2. The fourth-order valence-electron chi connectivity index (χ4n) is 11.4. The van der Waals surface area contributed by atoms with Crippen LogP contribution in [0, 0.1) is 0 Å². The molecular formula is C64H37N5. The first-order chi connectivity index (χ1) is 34.2. The molecule has 0 aliphatic rings. The van der Waals surface area contributed by atoms with E-state index < -0.39 is 0 Å². The van der Waals surface area contributed by atoms with Gasteiger partial charge in [0.15, 0.2) is 11.6 Å². The molecule has 5 nitrogen and oxygen atoms in total. The number of benzene rings is 12. The number of fused-ring (bicyclic) bond motifs is 20. The molecule has 5 heteroatoms. The van der Waals surface area contributed by atoms with Crippen molar-refractivity contribution in [2.24, 2.45) is 0 Å². The van der Waals surface area contributed by atoms with Crippen LogP contribution >= 0.6 is 0 Å². The van der Waals surface area contributed by atoms with Gasteiger partial charge in [0.25, 0.3) is 0 Å². The van der Waals surface area contributed by atoms with Gasteiger partial charge in [-0.2, -0.15) is 0 Å². The van der Waals surface area contributed by atoms with Crippen molar-refractivity contribution >= 4 is 108 Å². The van der Waals surface area contributed by atoms with Gasteiger partial charge in [0.2, 0.25) is 0 Å². The molecule has 0 radical (unpaired) electrons. The summed E-state index contributed by atoms with van der Waals surface area (Å²) in [5.41, 5.74) is 9.04. The Morgan fingerprint density at radius 2 is 0.652 bits per heavy atom. The Bertz CT molecular complexity index is 4590. The van der Waals surface area contributed by atoms with Gasteiger partial charge in [-0.3, -0.25) is 0 Å². The quantitative estimate of drug-likeness (QED) is 0.165. The van der Waals surface area contributed by atoms with E-state index in [4.69, 9.17) is 19.9 Å². The lowest BCUT2D eigenvalue weighted by Gasteiger charge is -2.16. The van der Waals surface area contributed by atoms with Crippen molar-refractivity contribution in [3.05, 3.63) is 225 Å². The molecule has 0 N–H and O–H groups in total. The zero-order valence-corrected chi connectivity index (χ0v) is 37.1. The van der Waals surface area contributed by atoms with Crippen molar-refractivity contribution in [3.63, 3.8) is 0 Å². The summed E-state index contributed by atoms with van der Waals surface area (Å²) in [5.74, 6) is 1.27. The first-order valence-electron chi connectivity index (χ1n) is 23.5. The third kappa shape index (κ3) is 5.59. The van der Waals surface area contributed by atoms with Crippen LogP contribution in [-0.4, -0.2) is 24.5 Å². The van der Waals surface area contributed by atoms with Gasteiger partial charge in [0, 0.05) is 61.5 Å². The van der Waals surface area contributed by atoms with E-state index in [0.717, 1.165) is 82.3 Å². The lowest BCUT2D eigenvalue weighted by Crippen LogP contribution is -1.98. The highest BCUT2D eigenvalue weighted by Crippen LogP contribution is 2.44. The highest BCUT2D eigenvalue weighted by Gasteiger charge is 2.21. The molecule has 0 amide bonds. The van der Waals surface area contributed by atoms with Crippen molar-refractivity contribution in [2.75, 3.05) is 0 Å². The summed E-state index contributed by atoms with van der Waals surface area (Å²) in [5, 5.41) is 18.8. The summed E-state index contributed by atoms with van der Waals surface area (Å²) in [4.78, 5) is 21.4. The Kier molecular flexibility index (Phi) is 8.00. The second kappa shape index (κ2) is 14.6. The number of hydrogen-bond donors (Lipinski definition) is 0. The lowest BCUT2D eigenvalue weighted by molar-refractivity contribution is 1.17. The molecule has 0 fully saturated rings. The minimum Gasteiger partial charge on any atom is -0.309 e. The van der Waals surface area contributed by atoms with Crippen molar-refractivity contribution in [3.8, 4) is 39.6 Å². The summed E-state index contributed by atoms with van der Waals surface area (Å²) in [7, 11) is 0. The second-order valence-corrected chi connectivity index (χ2v) is 18.1. The third-order valence-corrected chi connectivity index (χ3v) is 14.4. The Balaban J connectivity index is 0.950. The number of para-hydroxylation sites is 2. The maximum Gasteiger partial charge on any atom is 0.159 e. The van der Waals surface area contributed by atoms with Gasteiger partial charge in [0.05, 0.1) is 11.0 Å². The molecule has 12 aromatic carbocycles. The first kappa shape index (κ1) is 37.9. The normalized spacial score (nSPS) is 12.1. The van der Waals surface area contributed by atoms with Crippen molar-refractivity contribution in [1.29, 1.82) is 0 Å². The molecule has 0 saturated carbocycles. The highest BCUT2D eigenvalue weighted by molar-refractivity contribution is 6.38. The monoisotopic (exact) mass is 875 g/mol. The molecule has 0 saturated heterocycles. The van der Waals surface area contributed by atoms with Gasteiger partial charge in [-0.25, -0.2) is 19.9 Å². The van der Waals surface area contributed by atoms with Gasteiger partial charge in [-0.05, 0) is 101 Å². The standard InChI is InChI=1S/C64H37N5/c1-2-21-45-43(19-1)44-20-3-4-24-48(44)54-35-39(31-32-49(45)54)38-15-13-16-40(33-38)63-65-36-55-59-52-27-7-5-22-46(52)47-23-6-8-28-53(47)60(59)56-37-66-64(68-62(56)61(55)67-63)41-17-14-18-42(34-41)69-57-29-11-9-25-50(57)51-26-10-12-30-58(51)69/h1-37H. The van der Waals surface area contributed by atoms with Crippen molar-refractivity contribution < 1.29 is 0 Å². The highest BCUT2D eigenvalue weighted by atomic mass is 15.0. The molecule has 318 valence electrons. The topological polar surface area (TPSA) is 56.5 Å². The molecule has 0 aliphatic carbocycles. The Morgan fingerprint density at radius 1 is 0.261 bits per heavy atom. The van der Waals surface area contributed by atoms with Gasteiger partial charge in [-0.1, -0.05) is 176 Å². The molecule has 0 bridgehead atoms. The largest absolute Gasteiger partial charge is 0.309 e. The van der Waals surface area contributed by atoms with Crippen LogP contribution in [0.3, 0.4) is 0 Å². The van der Waals surface area contributed by atoms with Crippen LogP contribution in [-0.2, 0) is 0 Å². The minimum atomic E-state index is 0.634. The molecule has 15 rings (SSSR count). The lowest BCUT2D eigenvalue weighted by atomic mass is 9.90. The summed E-state index contributed by atoms with van der Waals surface area (Å²) in [6.07, 6.45) is 4.04. The zero-order valence-electron chi connectivity index (χ0n) is 37.1. The van der Waals surface area contributed by atoms with Gasteiger partial charge < -0.3 is 4.57 Å². The summed E-state index contributed by atoms with van der Waals surface area (Å²) >= 11 is 0. The summed E-state index contributed by atoms with van der Waals surface area (Å²) < 4.78 is 2.34. The maximum atomic E-state index is 5.53. The van der Waals surface area contributed by atoms with Crippen molar-refractivity contribution in [1.82, 2.24) is 24.5 Å². The van der Waals surface area contributed by atoms with E-state index in [2.05, 4.69) is 217 Å². The van der Waals surface area contributed by atoms with E-state index in [1.54, 1.807) is 0 Å². The van der Waals surface area contributed by atoms with Gasteiger partial charge in [-0.15, -0.1) is 0 Å². The fourth-order valence-corrected chi connectivity index (χ4v) is 11.4. The van der Waals surface area contributed by atoms with Crippen LogP contribution in [0.4, 0.5) is 0 Å². The molecule has 15 aromatic rings. The molecule has 3 heterocycles. The van der Waals surface area contributed by atoms with E-state index in [-0.39, 0.29) is 0 Å². The van der Waals surface area contributed by atoms with Crippen LogP contribution in [0.15, 0.2) is 225 Å². The average molecular weight is 876 g/mol. The number of hydrogen-bond acceptors (Lipinski definition) is 4. The Morgan fingerprint density at radius 3 is 1.19 bits per heavy atom. The van der Waals surface area contributed by atoms with Gasteiger partial charge >= 0.3 is 0 Å². The molecule has 0 unspecified atom stereocenters. The SMILES string of the molecule is c1cc(-c2ccc3c4ccccc4c4ccccc4c3c2)cc(-c2ncc3c(n2)c2nc(-c4cccc(-n5c6ccccc6c6ccccc65)c4)ncc2c2c4ccccc4c4ccccc4c32)c1. The molecule has 3 aromatic heterocycles. The maximum absolute atomic E-state index is 5.53. The molecule has 0 atom stereocenters. The Labute approximate surface area is 395 Å². The third-order valence-electron chi connectivity index (χ3n) is 14.4. The average Bonchev–Trinajstić information content (AvgIpc) is 3.77. The van der Waals surface area contributed by atoms with E-state index in [9.17, 15) is 0 Å². The second-order valence-electron chi connectivity index (χ2n) is 18.1. The fraction of sp³-hybridized carbons (Fsp3) is 0. The van der Waals surface area contributed by atoms with Crippen molar-refractivity contribution in [2.45, 2.75) is 0 Å². The van der Waals surface area contributed by atoms with Crippen LogP contribution < -0.4 is 0 Å². The first-order valence-corrected chi connectivity index (χ1v) is 23.5. The molecule has 69 heavy (non-hydrogen) atoms. The van der Waals surface area contributed by atoms with Crippen LogP contribution in [0.5, 0.6) is 0 Å².